The van der Waals surface area contributed by atoms with E-state index < -0.39 is 0 Å². The minimum Gasteiger partial charge on any atom is -0.399 e. The molecule has 3 aromatic rings. The molecule has 24 heavy (non-hydrogen) atoms. The largest absolute Gasteiger partial charge is 0.399 e. The summed E-state index contributed by atoms with van der Waals surface area (Å²) in [5, 5.41) is 16.6. The fourth-order valence-electron chi connectivity index (χ4n) is 1.97. The Morgan fingerprint density at radius 1 is 0.542 bits per heavy atom. The van der Waals surface area contributed by atoms with Gasteiger partial charge >= 0.3 is 0 Å². The lowest BCUT2D eigenvalue weighted by Gasteiger charge is -2.00. The van der Waals surface area contributed by atoms with Gasteiger partial charge < -0.3 is 11.5 Å². The van der Waals surface area contributed by atoms with Crippen molar-refractivity contribution in [2.24, 2.45) is 20.5 Å². The highest BCUT2D eigenvalue weighted by atomic mass is 15.1. The molecule has 3 rings (SSSR count). The van der Waals surface area contributed by atoms with Crippen LogP contribution in [0.3, 0.4) is 0 Å². The van der Waals surface area contributed by atoms with Crippen LogP contribution in [0.1, 0.15) is 0 Å². The zero-order valence-corrected chi connectivity index (χ0v) is 12.9. The van der Waals surface area contributed by atoms with E-state index >= 15 is 0 Å². The molecule has 6 nitrogen and oxygen atoms in total. The van der Waals surface area contributed by atoms with Gasteiger partial charge in [0.1, 0.15) is 5.69 Å². The summed E-state index contributed by atoms with van der Waals surface area (Å²) in [5.41, 5.74) is 15.4. The highest BCUT2D eigenvalue weighted by Gasteiger charge is 1.98. The second-order valence-electron chi connectivity index (χ2n) is 5.07. The van der Waals surface area contributed by atoms with Crippen molar-refractivity contribution in [2.75, 3.05) is 11.5 Å². The molecule has 0 amide bonds. The second kappa shape index (κ2) is 7.15. The number of anilines is 2. The first-order chi connectivity index (χ1) is 11.7. The molecule has 0 aliphatic rings. The van der Waals surface area contributed by atoms with E-state index in [9.17, 15) is 0 Å². The van der Waals surface area contributed by atoms with Gasteiger partial charge in [0.15, 0.2) is 0 Å². The molecular formula is C18H16N6. The SMILES string of the molecule is Nc1ccc(N=Nc2ccc(N=Nc3ccccc3)cc2)c(N)c1. The van der Waals surface area contributed by atoms with Gasteiger partial charge in [0, 0.05) is 5.69 Å². The lowest BCUT2D eigenvalue weighted by Crippen LogP contribution is -1.89. The molecule has 0 heterocycles. The van der Waals surface area contributed by atoms with Crippen LogP contribution in [0, 0.1) is 0 Å². The zero-order chi connectivity index (χ0) is 16.8. The van der Waals surface area contributed by atoms with Gasteiger partial charge in [-0.3, -0.25) is 0 Å². The van der Waals surface area contributed by atoms with Crippen molar-refractivity contribution in [1.29, 1.82) is 0 Å². The van der Waals surface area contributed by atoms with Gasteiger partial charge in [-0.2, -0.15) is 15.3 Å². The Kier molecular flexibility index (Phi) is 4.57. The molecule has 0 aromatic heterocycles. The average molecular weight is 316 g/mol. The van der Waals surface area contributed by atoms with E-state index in [0.29, 0.717) is 22.7 Å². The lowest BCUT2D eigenvalue weighted by atomic mass is 10.2. The number of hydrogen-bond acceptors (Lipinski definition) is 6. The van der Waals surface area contributed by atoms with E-state index in [1.807, 2.05) is 54.6 Å². The van der Waals surface area contributed by atoms with Crippen molar-refractivity contribution >= 4 is 34.1 Å². The van der Waals surface area contributed by atoms with E-state index in [1.165, 1.54) is 0 Å². The molecule has 4 N–H and O–H groups in total. The van der Waals surface area contributed by atoms with Crippen LogP contribution in [0.25, 0.3) is 0 Å². The second-order valence-corrected chi connectivity index (χ2v) is 5.07. The number of rotatable bonds is 4. The van der Waals surface area contributed by atoms with Gasteiger partial charge in [-0.15, -0.1) is 5.11 Å². The number of benzene rings is 3. The van der Waals surface area contributed by atoms with Crippen LogP contribution in [-0.4, -0.2) is 0 Å². The molecule has 0 spiro atoms. The van der Waals surface area contributed by atoms with Gasteiger partial charge in [-0.1, -0.05) is 18.2 Å². The normalized spacial score (nSPS) is 11.3. The fourth-order valence-corrected chi connectivity index (χ4v) is 1.97. The van der Waals surface area contributed by atoms with Gasteiger partial charge in [0.2, 0.25) is 0 Å². The first-order valence-electron chi connectivity index (χ1n) is 7.34. The van der Waals surface area contributed by atoms with Crippen molar-refractivity contribution in [3.05, 3.63) is 72.8 Å². The van der Waals surface area contributed by atoms with Gasteiger partial charge in [0.25, 0.3) is 0 Å². The standard InChI is InChI=1S/C18H16N6/c19-13-6-11-18(17(20)12-13)24-23-16-9-7-15(8-10-16)22-21-14-4-2-1-3-5-14/h1-12H,19-20H2. The Morgan fingerprint density at radius 3 is 1.67 bits per heavy atom. The van der Waals surface area contributed by atoms with Crippen LogP contribution >= 0.6 is 0 Å². The average Bonchev–Trinajstić information content (AvgIpc) is 2.61. The van der Waals surface area contributed by atoms with E-state index in [-0.39, 0.29) is 0 Å². The summed E-state index contributed by atoms with van der Waals surface area (Å²) in [6, 6.07) is 22.0. The monoisotopic (exact) mass is 316 g/mol. The molecule has 3 aromatic carbocycles. The van der Waals surface area contributed by atoms with Crippen molar-refractivity contribution in [3.8, 4) is 0 Å². The molecule has 0 radical (unpaired) electrons. The number of nitrogen functional groups attached to an aromatic ring is 2. The first-order valence-corrected chi connectivity index (χ1v) is 7.34. The number of hydrogen-bond donors (Lipinski definition) is 2. The Balaban J connectivity index is 1.70. The molecule has 0 atom stereocenters. The smallest absolute Gasteiger partial charge is 0.109 e. The van der Waals surface area contributed by atoms with Crippen LogP contribution in [0.4, 0.5) is 34.1 Å². The zero-order valence-electron chi connectivity index (χ0n) is 12.9. The summed E-state index contributed by atoms with van der Waals surface area (Å²) in [6.45, 7) is 0. The van der Waals surface area contributed by atoms with Crippen molar-refractivity contribution in [1.82, 2.24) is 0 Å². The minimum absolute atomic E-state index is 0.493. The van der Waals surface area contributed by atoms with E-state index in [0.717, 1.165) is 11.4 Å². The van der Waals surface area contributed by atoms with Crippen molar-refractivity contribution in [2.45, 2.75) is 0 Å². The fraction of sp³-hybridized carbons (Fsp3) is 0. The summed E-state index contributed by atoms with van der Waals surface area (Å²) in [6.07, 6.45) is 0. The summed E-state index contributed by atoms with van der Waals surface area (Å²) in [7, 11) is 0. The molecule has 0 aliphatic heterocycles. The summed E-state index contributed by atoms with van der Waals surface area (Å²) < 4.78 is 0. The van der Waals surface area contributed by atoms with Crippen LogP contribution in [0.2, 0.25) is 0 Å². The summed E-state index contributed by atoms with van der Waals surface area (Å²) in [4.78, 5) is 0. The van der Waals surface area contributed by atoms with Crippen LogP contribution in [0.15, 0.2) is 93.3 Å². The van der Waals surface area contributed by atoms with E-state index in [1.54, 1.807) is 18.2 Å². The Hall–Kier alpha value is -3.54. The Bertz CT molecular complexity index is 870. The molecule has 0 fully saturated rings. The first kappa shape index (κ1) is 15.4. The third-order valence-electron chi connectivity index (χ3n) is 3.21. The molecule has 0 bridgehead atoms. The lowest BCUT2D eigenvalue weighted by molar-refractivity contribution is 1.21. The molecule has 6 heteroatoms. The number of nitrogens with two attached hydrogens (primary N) is 2. The van der Waals surface area contributed by atoms with Crippen molar-refractivity contribution in [3.63, 3.8) is 0 Å². The third kappa shape index (κ3) is 4.01. The van der Waals surface area contributed by atoms with Crippen LogP contribution < -0.4 is 11.5 Å². The van der Waals surface area contributed by atoms with Crippen LogP contribution in [-0.2, 0) is 0 Å². The molecule has 0 unspecified atom stereocenters. The molecule has 0 saturated heterocycles. The molecule has 0 aliphatic carbocycles. The quantitative estimate of drug-likeness (QED) is 0.477. The molecule has 0 saturated carbocycles. The number of nitrogens with zero attached hydrogens (tertiary/aromatic N) is 4. The summed E-state index contributed by atoms with van der Waals surface area (Å²) >= 11 is 0. The van der Waals surface area contributed by atoms with E-state index in [2.05, 4.69) is 20.5 Å². The summed E-state index contributed by atoms with van der Waals surface area (Å²) in [5.74, 6) is 0. The predicted molar refractivity (Wildman–Crippen MR) is 96.5 cm³/mol. The molecule has 118 valence electrons. The Morgan fingerprint density at radius 2 is 1.08 bits per heavy atom. The third-order valence-corrected chi connectivity index (χ3v) is 3.21. The van der Waals surface area contributed by atoms with Gasteiger partial charge in [-0.25, -0.2) is 0 Å². The predicted octanol–water partition coefficient (Wildman–Crippen LogP) is 5.68. The Labute approximate surface area is 139 Å². The maximum atomic E-state index is 5.84. The number of azo groups is 2. The van der Waals surface area contributed by atoms with Gasteiger partial charge in [0.05, 0.1) is 22.7 Å². The highest BCUT2D eigenvalue weighted by Crippen LogP contribution is 2.27. The topological polar surface area (TPSA) is 101 Å². The molecular weight excluding hydrogens is 300 g/mol. The maximum Gasteiger partial charge on any atom is 0.109 e. The van der Waals surface area contributed by atoms with Gasteiger partial charge in [-0.05, 0) is 54.6 Å². The minimum atomic E-state index is 0.493. The van der Waals surface area contributed by atoms with Crippen LogP contribution in [0.5, 0.6) is 0 Å². The highest BCUT2D eigenvalue weighted by molar-refractivity contribution is 5.67. The van der Waals surface area contributed by atoms with E-state index in [4.69, 9.17) is 11.5 Å². The maximum absolute atomic E-state index is 5.84. The van der Waals surface area contributed by atoms with Crippen molar-refractivity contribution < 1.29 is 0 Å².